The highest BCUT2D eigenvalue weighted by Gasteiger charge is 2.26. The second-order valence-corrected chi connectivity index (χ2v) is 5.68. The summed E-state index contributed by atoms with van der Waals surface area (Å²) in [6.45, 7) is 3.47. The maximum Gasteiger partial charge on any atom is 0.326 e. The number of ether oxygens (including phenoxy) is 1. The van der Waals surface area contributed by atoms with Gasteiger partial charge >= 0.3 is 11.9 Å². The molecule has 0 heterocycles. The number of halogens is 1. The van der Waals surface area contributed by atoms with Crippen LogP contribution in [-0.2, 0) is 14.3 Å². The Labute approximate surface area is 137 Å². The minimum absolute atomic E-state index is 0.0338. The molecule has 0 spiro atoms. The average molecular weight is 372 g/mol. The van der Waals surface area contributed by atoms with Gasteiger partial charge in [0.2, 0.25) is 0 Å². The molecule has 0 fully saturated rings. The molecule has 0 aliphatic carbocycles. The first-order valence-corrected chi connectivity index (χ1v) is 7.60. The summed E-state index contributed by atoms with van der Waals surface area (Å²) in [6.07, 6.45) is -0.0338. The van der Waals surface area contributed by atoms with Crippen molar-refractivity contribution in [3.8, 4) is 0 Å². The number of esters is 1. The Balaban J connectivity index is 2.74. The Morgan fingerprint density at radius 3 is 2.59 bits per heavy atom. The maximum absolute atomic E-state index is 12.1. The second kappa shape index (κ2) is 8.53. The van der Waals surface area contributed by atoms with E-state index in [-0.39, 0.29) is 13.0 Å². The Morgan fingerprint density at radius 1 is 1.36 bits per heavy atom. The lowest BCUT2D eigenvalue weighted by Gasteiger charge is -2.18. The number of nitrogens with one attached hydrogen (secondary N) is 1. The molecule has 0 aliphatic heterocycles. The van der Waals surface area contributed by atoms with Gasteiger partial charge < -0.3 is 15.2 Å². The topological polar surface area (TPSA) is 92.7 Å². The number of amides is 1. The molecule has 1 amide bonds. The first-order valence-electron chi connectivity index (χ1n) is 6.81. The van der Waals surface area contributed by atoms with E-state index in [1.165, 1.54) is 0 Å². The number of benzene rings is 1. The third-order valence-corrected chi connectivity index (χ3v) is 3.46. The van der Waals surface area contributed by atoms with Crippen molar-refractivity contribution >= 4 is 33.8 Å². The van der Waals surface area contributed by atoms with Gasteiger partial charge in [-0.2, -0.15) is 0 Å². The summed E-state index contributed by atoms with van der Waals surface area (Å²) in [4.78, 5) is 34.9. The molecular formula is C15H18BrNO5. The predicted octanol–water partition coefficient (Wildman–Crippen LogP) is 2.22. The van der Waals surface area contributed by atoms with Crippen LogP contribution in [0.3, 0.4) is 0 Å². The van der Waals surface area contributed by atoms with Gasteiger partial charge in [0.25, 0.3) is 5.91 Å². The summed E-state index contributed by atoms with van der Waals surface area (Å²) < 4.78 is 5.55. The number of carbonyl (C=O) groups is 3. The van der Waals surface area contributed by atoms with Gasteiger partial charge in [-0.05, 0) is 31.5 Å². The van der Waals surface area contributed by atoms with Gasteiger partial charge in [0.15, 0.2) is 0 Å². The van der Waals surface area contributed by atoms with E-state index in [4.69, 9.17) is 4.74 Å². The lowest BCUT2D eigenvalue weighted by molar-refractivity contribution is -0.148. The zero-order valence-electron chi connectivity index (χ0n) is 12.3. The Kier molecular flexibility index (Phi) is 7.04. The SMILES string of the molecule is CCOC(=O)[C@@H](C)C[C@@H](NC(=O)c1cccc(Br)c1)C(=O)O. The molecule has 0 unspecified atom stereocenters. The van der Waals surface area contributed by atoms with Crippen LogP contribution in [0.2, 0.25) is 0 Å². The normalized spacial score (nSPS) is 13.0. The summed E-state index contributed by atoms with van der Waals surface area (Å²) in [5.41, 5.74) is 0.337. The number of hydrogen-bond acceptors (Lipinski definition) is 4. The number of rotatable bonds is 7. The molecule has 6 nitrogen and oxygen atoms in total. The van der Waals surface area contributed by atoms with Crippen molar-refractivity contribution in [1.29, 1.82) is 0 Å². The van der Waals surface area contributed by atoms with Crippen molar-refractivity contribution in [3.63, 3.8) is 0 Å². The minimum atomic E-state index is -1.19. The highest BCUT2D eigenvalue weighted by atomic mass is 79.9. The van der Waals surface area contributed by atoms with Crippen LogP contribution in [0.25, 0.3) is 0 Å². The van der Waals surface area contributed by atoms with Gasteiger partial charge in [-0.15, -0.1) is 0 Å². The van der Waals surface area contributed by atoms with Gasteiger partial charge in [-0.3, -0.25) is 9.59 Å². The third kappa shape index (κ3) is 5.48. The minimum Gasteiger partial charge on any atom is -0.480 e. The maximum atomic E-state index is 12.1. The van der Waals surface area contributed by atoms with Crippen LogP contribution in [0.5, 0.6) is 0 Å². The molecule has 0 saturated carbocycles. The van der Waals surface area contributed by atoms with Crippen molar-refractivity contribution < 1.29 is 24.2 Å². The van der Waals surface area contributed by atoms with E-state index in [1.807, 2.05) is 0 Å². The Morgan fingerprint density at radius 2 is 2.05 bits per heavy atom. The van der Waals surface area contributed by atoms with Gasteiger partial charge in [-0.25, -0.2) is 4.79 Å². The fourth-order valence-electron chi connectivity index (χ4n) is 1.83. The molecule has 1 aromatic rings. The first kappa shape index (κ1) is 18.2. The molecule has 0 saturated heterocycles. The van der Waals surface area contributed by atoms with E-state index in [9.17, 15) is 19.5 Å². The number of carbonyl (C=O) groups excluding carboxylic acids is 2. The Hall–Kier alpha value is -1.89. The van der Waals surface area contributed by atoms with E-state index in [0.29, 0.717) is 10.0 Å². The largest absolute Gasteiger partial charge is 0.480 e. The number of carboxylic acid groups (broad SMARTS) is 1. The van der Waals surface area contributed by atoms with Crippen molar-refractivity contribution in [2.75, 3.05) is 6.61 Å². The molecule has 2 atom stereocenters. The standard InChI is InChI=1S/C15H18BrNO5/c1-3-22-15(21)9(2)7-12(14(19)20)17-13(18)10-5-4-6-11(16)8-10/h4-6,8-9,12H,3,7H2,1-2H3,(H,17,18)(H,19,20)/t9-,12+/m0/s1. The molecule has 0 aromatic heterocycles. The van der Waals surface area contributed by atoms with Crippen LogP contribution in [0.1, 0.15) is 30.6 Å². The third-order valence-electron chi connectivity index (χ3n) is 2.97. The highest BCUT2D eigenvalue weighted by molar-refractivity contribution is 9.10. The summed E-state index contributed by atoms with van der Waals surface area (Å²) in [7, 11) is 0. The van der Waals surface area contributed by atoms with E-state index in [2.05, 4.69) is 21.2 Å². The van der Waals surface area contributed by atoms with Gasteiger partial charge in [0, 0.05) is 10.0 Å². The molecule has 22 heavy (non-hydrogen) atoms. The second-order valence-electron chi connectivity index (χ2n) is 4.76. The fourth-order valence-corrected chi connectivity index (χ4v) is 2.23. The lowest BCUT2D eigenvalue weighted by atomic mass is 10.0. The lowest BCUT2D eigenvalue weighted by Crippen LogP contribution is -2.42. The summed E-state index contributed by atoms with van der Waals surface area (Å²) in [6, 6.07) is 5.44. The quantitative estimate of drug-likeness (QED) is 0.716. The van der Waals surface area contributed by atoms with Gasteiger partial charge in [0.05, 0.1) is 12.5 Å². The number of hydrogen-bond donors (Lipinski definition) is 2. The first-order chi connectivity index (χ1) is 10.3. The zero-order valence-corrected chi connectivity index (χ0v) is 13.9. The van der Waals surface area contributed by atoms with Crippen LogP contribution >= 0.6 is 15.9 Å². The van der Waals surface area contributed by atoms with E-state index in [1.54, 1.807) is 38.1 Å². The van der Waals surface area contributed by atoms with Crippen molar-refractivity contribution in [3.05, 3.63) is 34.3 Å². The van der Waals surface area contributed by atoms with Crippen molar-refractivity contribution in [2.24, 2.45) is 5.92 Å². The molecule has 1 rings (SSSR count). The van der Waals surface area contributed by atoms with Crippen LogP contribution in [0.4, 0.5) is 0 Å². The summed E-state index contributed by atoms with van der Waals surface area (Å²) in [5.74, 6) is -2.81. The van der Waals surface area contributed by atoms with Crippen LogP contribution in [0, 0.1) is 5.92 Å². The van der Waals surface area contributed by atoms with E-state index in [0.717, 1.165) is 0 Å². The molecule has 7 heteroatoms. The monoisotopic (exact) mass is 371 g/mol. The van der Waals surface area contributed by atoms with E-state index >= 15 is 0 Å². The zero-order chi connectivity index (χ0) is 16.7. The molecule has 2 N–H and O–H groups in total. The molecule has 120 valence electrons. The van der Waals surface area contributed by atoms with Crippen molar-refractivity contribution in [2.45, 2.75) is 26.3 Å². The Bertz CT molecular complexity index is 561. The molecule has 1 aromatic carbocycles. The molecule has 0 radical (unpaired) electrons. The summed E-state index contributed by atoms with van der Waals surface area (Å²) >= 11 is 3.24. The molecule has 0 aliphatic rings. The molecule has 0 bridgehead atoms. The van der Waals surface area contributed by atoms with Crippen LogP contribution in [-0.4, -0.2) is 35.6 Å². The summed E-state index contributed by atoms with van der Waals surface area (Å²) in [5, 5.41) is 11.6. The predicted molar refractivity (Wildman–Crippen MR) is 83.4 cm³/mol. The number of carboxylic acids is 1. The van der Waals surface area contributed by atoms with E-state index < -0.39 is 29.8 Å². The van der Waals surface area contributed by atoms with Gasteiger partial charge in [-0.1, -0.05) is 28.9 Å². The van der Waals surface area contributed by atoms with Gasteiger partial charge in [0.1, 0.15) is 6.04 Å². The average Bonchev–Trinajstić information content (AvgIpc) is 2.46. The molecular weight excluding hydrogens is 354 g/mol. The van der Waals surface area contributed by atoms with Crippen LogP contribution < -0.4 is 5.32 Å². The van der Waals surface area contributed by atoms with Crippen LogP contribution in [0.15, 0.2) is 28.7 Å². The van der Waals surface area contributed by atoms with Crippen molar-refractivity contribution in [1.82, 2.24) is 5.32 Å². The number of aliphatic carboxylic acids is 1. The fraction of sp³-hybridized carbons (Fsp3) is 0.400. The highest BCUT2D eigenvalue weighted by Crippen LogP contribution is 2.13. The smallest absolute Gasteiger partial charge is 0.326 e.